The van der Waals surface area contributed by atoms with E-state index in [1.54, 1.807) is 6.20 Å². The van der Waals surface area contributed by atoms with Crippen LogP contribution in [0.3, 0.4) is 0 Å². The first-order chi connectivity index (χ1) is 10.7. The van der Waals surface area contributed by atoms with Gasteiger partial charge in [0.1, 0.15) is 11.4 Å². The maximum atomic E-state index is 11.8. The molecule has 0 radical (unpaired) electrons. The van der Waals surface area contributed by atoms with Crippen LogP contribution in [0.1, 0.15) is 13.3 Å². The molecule has 1 aliphatic rings. The highest BCUT2D eigenvalue weighted by Gasteiger charge is 2.22. The van der Waals surface area contributed by atoms with Crippen molar-refractivity contribution in [3.8, 4) is 17.2 Å². The van der Waals surface area contributed by atoms with E-state index in [1.807, 2.05) is 25.1 Å². The van der Waals surface area contributed by atoms with Crippen molar-refractivity contribution < 1.29 is 9.47 Å². The average Bonchev–Trinajstić information content (AvgIpc) is 2.53. The fourth-order valence-corrected chi connectivity index (χ4v) is 2.21. The van der Waals surface area contributed by atoms with E-state index in [-0.39, 0.29) is 5.69 Å². The Bertz CT molecular complexity index is 742. The van der Waals surface area contributed by atoms with E-state index in [9.17, 15) is 4.79 Å². The topological polar surface area (TPSA) is 91.4 Å². The fraction of sp³-hybridized carbons (Fsp3) is 0.333. The first-order valence-corrected chi connectivity index (χ1v) is 7.25. The van der Waals surface area contributed by atoms with Gasteiger partial charge in [0, 0.05) is 6.54 Å². The molecule has 0 saturated heterocycles. The summed E-state index contributed by atoms with van der Waals surface area (Å²) in [6, 6.07) is 5.53. The molecular formula is C15H18N4O3. The Kier molecular flexibility index (Phi) is 3.97. The van der Waals surface area contributed by atoms with Crippen molar-refractivity contribution in [1.29, 1.82) is 0 Å². The Morgan fingerprint density at radius 2 is 2.27 bits per heavy atom. The summed E-state index contributed by atoms with van der Waals surface area (Å²) in [7, 11) is 0. The second kappa shape index (κ2) is 6.07. The Labute approximate surface area is 127 Å². The first kappa shape index (κ1) is 14.4. The molecule has 2 aromatic rings. The molecule has 3 rings (SSSR count). The van der Waals surface area contributed by atoms with Gasteiger partial charge < -0.3 is 20.5 Å². The van der Waals surface area contributed by atoms with Crippen LogP contribution in [-0.2, 0) is 6.54 Å². The van der Waals surface area contributed by atoms with Gasteiger partial charge in [0.15, 0.2) is 17.3 Å². The Morgan fingerprint density at radius 3 is 3.05 bits per heavy atom. The number of ether oxygens (including phenoxy) is 2. The van der Waals surface area contributed by atoms with Gasteiger partial charge in [0.25, 0.3) is 0 Å². The number of fused-ring (bicyclic) bond motifs is 2. The molecule has 0 spiro atoms. The van der Waals surface area contributed by atoms with E-state index in [2.05, 4.69) is 10.3 Å². The number of nitrogens with two attached hydrogens (primary N) is 1. The molecule has 22 heavy (non-hydrogen) atoms. The second-order valence-electron chi connectivity index (χ2n) is 4.87. The number of rotatable bonds is 5. The number of nitrogens with zero attached hydrogens (tertiary/aromatic N) is 2. The highest BCUT2D eigenvalue weighted by Crippen LogP contribution is 2.44. The van der Waals surface area contributed by atoms with Gasteiger partial charge in [-0.2, -0.15) is 4.98 Å². The van der Waals surface area contributed by atoms with E-state index in [0.29, 0.717) is 48.5 Å². The number of hydrogen-bond donors (Lipinski definition) is 2. The SMILES string of the molecule is CCn1cc2c(nc1=O)Nc1c(OCCCN)cccc1O2. The Balaban J connectivity index is 1.93. The third-order valence-electron chi connectivity index (χ3n) is 3.36. The lowest BCUT2D eigenvalue weighted by molar-refractivity contribution is 0.313. The van der Waals surface area contributed by atoms with Gasteiger partial charge in [-0.15, -0.1) is 0 Å². The molecule has 0 unspecified atom stereocenters. The largest absolute Gasteiger partial charge is 0.491 e. The van der Waals surface area contributed by atoms with Crippen molar-refractivity contribution >= 4 is 11.5 Å². The third kappa shape index (κ3) is 2.62. The summed E-state index contributed by atoms with van der Waals surface area (Å²) in [6.45, 7) is 3.51. The van der Waals surface area contributed by atoms with E-state index in [0.717, 1.165) is 6.42 Å². The molecule has 7 heteroatoms. The molecule has 0 saturated carbocycles. The third-order valence-corrected chi connectivity index (χ3v) is 3.36. The number of anilines is 2. The lowest BCUT2D eigenvalue weighted by Gasteiger charge is -2.23. The van der Waals surface area contributed by atoms with E-state index in [4.69, 9.17) is 15.2 Å². The lowest BCUT2D eigenvalue weighted by Crippen LogP contribution is -2.24. The summed E-state index contributed by atoms with van der Waals surface area (Å²) in [4.78, 5) is 15.9. The van der Waals surface area contributed by atoms with Crippen LogP contribution in [0, 0.1) is 0 Å². The molecule has 1 aromatic carbocycles. The number of benzene rings is 1. The molecule has 0 atom stereocenters. The van der Waals surface area contributed by atoms with Crippen LogP contribution < -0.4 is 26.2 Å². The molecule has 0 aliphatic carbocycles. The van der Waals surface area contributed by atoms with Gasteiger partial charge in [-0.3, -0.25) is 4.57 Å². The van der Waals surface area contributed by atoms with Crippen LogP contribution >= 0.6 is 0 Å². The van der Waals surface area contributed by atoms with E-state index in [1.165, 1.54) is 4.57 Å². The number of aromatic nitrogens is 2. The maximum absolute atomic E-state index is 11.8. The molecule has 7 nitrogen and oxygen atoms in total. The molecule has 0 fully saturated rings. The molecular weight excluding hydrogens is 284 g/mol. The molecule has 0 bridgehead atoms. The van der Waals surface area contributed by atoms with Crippen molar-refractivity contribution in [1.82, 2.24) is 9.55 Å². The quantitative estimate of drug-likeness (QED) is 0.699. The normalized spacial score (nSPS) is 11.9. The van der Waals surface area contributed by atoms with Crippen molar-refractivity contribution in [2.45, 2.75) is 19.9 Å². The smallest absolute Gasteiger partial charge is 0.349 e. The Hall–Kier alpha value is -2.54. The van der Waals surface area contributed by atoms with Crippen LogP contribution in [0.5, 0.6) is 17.2 Å². The van der Waals surface area contributed by atoms with Gasteiger partial charge >= 0.3 is 5.69 Å². The Morgan fingerprint density at radius 1 is 1.41 bits per heavy atom. The van der Waals surface area contributed by atoms with Gasteiger partial charge in [0.05, 0.1) is 12.8 Å². The van der Waals surface area contributed by atoms with E-state index < -0.39 is 0 Å². The van der Waals surface area contributed by atoms with Gasteiger partial charge in [0.2, 0.25) is 0 Å². The first-order valence-electron chi connectivity index (χ1n) is 7.25. The summed E-state index contributed by atoms with van der Waals surface area (Å²) in [6.07, 6.45) is 2.42. The van der Waals surface area contributed by atoms with Gasteiger partial charge in [-0.1, -0.05) is 6.07 Å². The standard InChI is InChI=1S/C15H18N4O3/c1-2-19-9-12-14(18-15(19)20)17-13-10(21-8-4-7-16)5-3-6-11(13)22-12/h3,5-6,9H,2,4,7-8,16H2,1H3,(H,17,18,20). The minimum absolute atomic E-state index is 0.317. The number of aryl methyl sites for hydroxylation is 1. The maximum Gasteiger partial charge on any atom is 0.349 e. The highest BCUT2D eigenvalue weighted by molar-refractivity contribution is 5.77. The number of hydrogen-bond acceptors (Lipinski definition) is 6. The molecule has 2 heterocycles. The number of nitrogens with one attached hydrogen (secondary N) is 1. The predicted molar refractivity (Wildman–Crippen MR) is 83.1 cm³/mol. The predicted octanol–water partition coefficient (Wildman–Crippen LogP) is 1.84. The van der Waals surface area contributed by atoms with Crippen LogP contribution in [0.15, 0.2) is 29.2 Å². The fourth-order valence-electron chi connectivity index (χ4n) is 2.21. The highest BCUT2D eigenvalue weighted by atomic mass is 16.5. The molecule has 1 aromatic heterocycles. The zero-order valence-corrected chi connectivity index (χ0v) is 12.3. The second-order valence-corrected chi connectivity index (χ2v) is 4.87. The summed E-state index contributed by atoms with van der Waals surface area (Å²) >= 11 is 0. The number of para-hydroxylation sites is 1. The molecule has 0 amide bonds. The average molecular weight is 302 g/mol. The van der Waals surface area contributed by atoms with Crippen LogP contribution in [0.25, 0.3) is 0 Å². The van der Waals surface area contributed by atoms with Crippen molar-refractivity contribution in [2.24, 2.45) is 5.73 Å². The molecule has 1 aliphatic heterocycles. The molecule has 3 N–H and O–H groups in total. The van der Waals surface area contributed by atoms with Crippen molar-refractivity contribution in [2.75, 3.05) is 18.5 Å². The monoisotopic (exact) mass is 302 g/mol. The van der Waals surface area contributed by atoms with Crippen LogP contribution in [0.2, 0.25) is 0 Å². The minimum atomic E-state index is -0.317. The van der Waals surface area contributed by atoms with Gasteiger partial charge in [-0.25, -0.2) is 4.79 Å². The van der Waals surface area contributed by atoms with Crippen LogP contribution in [-0.4, -0.2) is 22.7 Å². The van der Waals surface area contributed by atoms with Gasteiger partial charge in [-0.05, 0) is 32.0 Å². The summed E-state index contributed by atoms with van der Waals surface area (Å²) in [5, 5.41) is 3.12. The minimum Gasteiger partial charge on any atom is -0.491 e. The zero-order chi connectivity index (χ0) is 15.5. The van der Waals surface area contributed by atoms with Crippen molar-refractivity contribution in [3.05, 3.63) is 34.9 Å². The lowest BCUT2D eigenvalue weighted by atomic mass is 10.2. The van der Waals surface area contributed by atoms with E-state index >= 15 is 0 Å². The van der Waals surface area contributed by atoms with Crippen LogP contribution in [0.4, 0.5) is 11.5 Å². The molecule has 116 valence electrons. The van der Waals surface area contributed by atoms with Crippen molar-refractivity contribution in [3.63, 3.8) is 0 Å². The summed E-state index contributed by atoms with van der Waals surface area (Å²) in [5.41, 5.74) is 5.83. The summed E-state index contributed by atoms with van der Waals surface area (Å²) < 4.78 is 13.0. The zero-order valence-electron chi connectivity index (χ0n) is 12.3. The summed E-state index contributed by atoms with van der Waals surface area (Å²) in [5.74, 6) is 2.21.